The Morgan fingerprint density at radius 2 is 1.87 bits per heavy atom. The normalized spacial score (nSPS) is 20.8. The van der Waals surface area contributed by atoms with Crippen LogP contribution < -0.4 is 0 Å². The molecular weight excluding hydrogens is 305 g/mol. The maximum atomic E-state index is 12.7. The Labute approximate surface area is 133 Å². The largest absolute Gasteiger partial charge is 0.435 e. The molecule has 0 bridgehead atoms. The summed E-state index contributed by atoms with van der Waals surface area (Å²) in [6.07, 6.45) is -3.00. The zero-order valence-corrected chi connectivity index (χ0v) is 12.9. The highest BCUT2D eigenvalue weighted by Gasteiger charge is 2.34. The second-order valence-electron chi connectivity index (χ2n) is 5.88. The number of nitrogens with zero attached hydrogens (tertiary/aromatic N) is 4. The van der Waals surface area contributed by atoms with Crippen molar-refractivity contribution in [3.63, 3.8) is 0 Å². The lowest BCUT2D eigenvalue weighted by Crippen LogP contribution is -2.47. The van der Waals surface area contributed by atoms with Gasteiger partial charge in [-0.15, -0.1) is 0 Å². The van der Waals surface area contributed by atoms with Crippen molar-refractivity contribution in [2.45, 2.75) is 18.9 Å². The Kier molecular flexibility index (Phi) is 4.41. The van der Waals surface area contributed by atoms with E-state index in [1.165, 1.54) is 16.4 Å². The van der Waals surface area contributed by atoms with Crippen LogP contribution in [0.2, 0.25) is 0 Å². The molecule has 0 N–H and O–H groups in total. The van der Waals surface area contributed by atoms with Gasteiger partial charge in [0.25, 0.3) is 0 Å². The van der Waals surface area contributed by atoms with Gasteiger partial charge in [0.2, 0.25) is 0 Å². The Bertz CT molecular complexity index is 638. The monoisotopic (exact) mass is 324 g/mol. The van der Waals surface area contributed by atoms with Gasteiger partial charge in [0.15, 0.2) is 5.69 Å². The van der Waals surface area contributed by atoms with E-state index in [0.29, 0.717) is 6.67 Å². The van der Waals surface area contributed by atoms with Gasteiger partial charge in [-0.1, -0.05) is 30.3 Å². The Morgan fingerprint density at radius 1 is 1.13 bits per heavy atom. The summed E-state index contributed by atoms with van der Waals surface area (Å²) in [5.74, 6) is 0. The zero-order valence-electron chi connectivity index (χ0n) is 12.9. The highest BCUT2D eigenvalue weighted by atomic mass is 19.4. The first-order valence-corrected chi connectivity index (χ1v) is 7.51. The average Bonchev–Trinajstić information content (AvgIpc) is 2.99. The second kappa shape index (κ2) is 6.33. The third-order valence-corrected chi connectivity index (χ3v) is 4.14. The van der Waals surface area contributed by atoms with E-state index < -0.39 is 11.9 Å². The lowest BCUT2D eigenvalue weighted by molar-refractivity contribution is -0.141. The van der Waals surface area contributed by atoms with Crippen LogP contribution in [-0.4, -0.2) is 46.3 Å². The van der Waals surface area contributed by atoms with Crippen molar-refractivity contribution >= 4 is 0 Å². The summed E-state index contributed by atoms with van der Waals surface area (Å²) in [5, 5.41) is 3.66. The van der Waals surface area contributed by atoms with Gasteiger partial charge >= 0.3 is 6.18 Å². The van der Waals surface area contributed by atoms with Gasteiger partial charge in [-0.25, -0.2) is 0 Å². The summed E-state index contributed by atoms with van der Waals surface area (Å²) in [7, 11) is 2.06. The first kappa shape index (κ1) is 16.0. The topological polar surface area (TPSA) is 24.3 Å². The fourth-order valence-corrected chi connectivity index (χ4v) is 2.90. The summed E-state index contributed by atoms with van der Waals surface area (Å²) in [6, 6.07) is 11.2. The van der Waals surface area contributed by atoms with Gasteiger partial charge in [0.05, 0.1) is 6.67 Å². The van der Waals surface area contributed by atoms with E-state index in [4.69, 9.17) is 0 Å². The lowest BCUT2D eigenvalue weighted by Gasteiger charge is -2.40. The summed E-state index contributed by atoms with van der Waals surface area (Å²) in [4.78, 5) is 4.40. The molecule has 1 fully saturated rings. The van der Waals surface area contributed by atoms with E-state index in [9.17, 15) is 13.2 Å². The third kappa shape index (κ3) is 3.73. The molecule has 23 heavy (non-hydrogen) atoms. The first-order chi connectivity index (χ1) is 10.9. The van der Waals surface area contributed by atoms with E-state index >= 15 is 0 Å². The van der Waals surface area contributed by atoms with Crippen LogP contribution in [0.1, 0.15) is 17.3 Å². The predicted molar refractivity (Wildman–Crippen MR) is 80.6 cm³/mol. The number of halogens is 3. The van der Waals surface area contributed by atoms with Gasteiger partial charge in [-0.2, -0.15) is 18.3 Å². The van der Waals surface area contributed by atoms with Gasteiger partial charge in [0, 0.05) is 31.9 Å². The molecule has 0 saturated carbocycles. The zero-order chi connectivity index (χ0) is 16.4. The summed E-state index contributed by atoms with van der Waals surface area (Å²) >= 11 is 0. The summed E-state index contributed by atoms with van der Waals surface area (Å²) in [6.45, 7) is 2.87. The van der Waals surface area contributed by atoms with Crippen molar-refractivity contribution in [1.29, 1.82) is 0 Å². The molecule has 0 aliphatic carbocycles. The van der Waals surface area contributed by atoms with Crippen LogP contribution in [0, 0.1) is 0 Å². The number of hydrogen-bond donors (Lipinski definition) is 0. The van der Waals surface area contributed by atoms with Crippen LogP contribution in [0.5, 0.6) is 0 Å². The lowest BCUT2D eigenvalue weighted by atomic mass is 10.0. The first-order valence-electron chi connectivity index (χ1n) is 7.51. The molecule has 1 aromatic heterocycles. The number of benzene rings is 1. The maximum absolute atomic E-state index is 12.7. The molecule has 1 unspecified atom stereocenters. The molecule has 124 valence electrons. The summed E-state index contributed by atoms with van der Waals surface area (Å²) < 4.78 is 39.4. The van der Waals surface area contributed by atoms with Gasteiger partial charge < -0.3 is 4.90 Å². The number of alkyl halides is 3. The predicted octanol–water partition coefficient (Wildman–Crippen LogP) is 2.85. The number of aromatic nitrogens is 2. The molecule has 1 aliphatic rings. The Balaban J connectivity index is 1.78. The number of rotatable bonds is 3. The van der Waals surface area contributed by atoms with E-state index in [2.05, 4.69) is 34.1 Å². The fraction of sp³-hybridized carbons (Fsp3) is 0.438. The van der Waals surface area contributed by atoms with Crippen molar-refractivity contribution in [3.05, 3.63) is 53.9 Å². The van der Waals surface area contributed by atoms with Crippen LogP contribution in [0.15, 0.2) is 42.6 Å². The minimum Gasteiger partial charge on any atom is -0.303 e. The maximum Gasteiger partial charge on any atom is 0.435 e. The molecule has 0 radical (unpaired) electrons. The highest BCUT2D eigenvalue weighted by molar-refractivity contribution is 5.20. The molecule has 4 nitrogen and oxygen atoms in total. The molecule has 0 amide bonds. The molecule has 1 atom stereocenters. The van der Waals surface area contributed by atoms with Crippen molar-refractivity contribution in [2.24, 2.45) is 0 Å². The van der Waals surface area contributed by atoms with Gasteiger partial charge in [0.1, 0.15) is 0 Å². The number of piperazine rings is 1. The highest BCUT2D eigenvalue weighted by Crippen LogP contribution is 2.28. The number of hydrogen-bond acceptors (Lipinski definition) is 3. The van der Waals surface area contributed by atoms with Crippen LogP contribution in [0.3, 0.4) is 0 Å². The van der Waals surface area contributed by atoms with Crippen molar-refractivity contribution < 1.29 is 13.2 Å². The van der Waals surface area contributed by atoms with Crippen LogP contribution in [-0.2, 0) is 12.8 Å². The van der Waals surface area contributed by atoms with Crippen molar-refractivity contribution in [3.8, 4) is 0 Å². The van der Waals surface area contributed by atoms with Gasteiger partial charge in [-0.3, -0.25) is 9.58 Å². The quantitative estimate of drug-likeness (QED) is 0.868. The van der Waals surface area contributed by atoms with Crippen LogP contribution >= 0.6 is 0 Å². The minimum absolute atomic E-state index is 0.147. The summed E-state index contributed by atoms with van der Waals surface area (Å²) in [5.41, 5.74) is 0.324. The number of likely N-dealkylation sites (N-methyl/N-ethyl adjacent to an activating group) is 1. The Hall–Kier alpha value is -1.86. The molecule has 2 aromatic rings. The fourth-order valence-electron chi connectivity index (χ4n) is 2.90. The van der Waals surface area contributed by atoms with Crippen LogP contribution in [0.25, 0.3) is 0 Å². The molecule has 3 rings (SSSR count). The molecular formula is C16H19F3N4. The van der Waals surface area contributed by atoms with E-state index in [0.717, 1.165) is 25.7 Å². The molecule has 2 heterocycles. The molecule has 1 aliphatic heterocycles. The van der Waals surface area contributed by atoms with E-state index in [1.807, 2.05) is 18.2 Å². The minimum atomic E-state index is -4.40. The molecule has 7 heteroatoms. The molecule has 1 saturated heterocycles. The van der Waals surface area contributed by atoms with Crippen molar-refractivity contribution in [2.75, 3.05) is 26.7 Å². The average molecular weight is 324 g/mol. The van der Waals surface area contributed by atoms with E-state index in [-0.39, 0.29) is 6.04 Å². The van der Waals surface area contributed by atoms with E-state index in [1.54, 1.807) is 0 Å². The third-order valence-electron chi connectivity index (χ3n) is 4.14. The SMILES string of the molecule is CN1CCN(Cn2ccc(C(F)(F)F)n2)C(c2ccccc2)C1. The van der Waals surface area contributed by atoms with Crippen molar-refractivity contribution in [1.82, 2.24) is 19.6 Å². The molecule has 1 aromatic carbocycles. The van der Waals surface area contributed by atoms with Gasteiger partial charge in [-0.05, 0) is 18.7 Å². The Morgan fingerprint density at radius 3 is 2.52 bits per heavy atom. The second-order valence-corrected chi connectivity index (χ2v) is 5.88. The smallest absolute Gasteiger partial charge is 0.303 e. The standard InChI is InChI=1S/C16H19F3N4/c1-21-9-10-22(14(11-21)13-5-3-2-4-6-13)12-23-8-7-15(20-23)16(17,18)19/h2-8,14H,9-12H2,1H3. The molecule has 0 spiro atoms. The van der Waals surface area contributed by atoms with Crippen LogP contribution in [0.4, 0.5) is 13.2 Å².